The minimum absolute atomic E-state index is 0.113. The lowest BCUT2D eigenvalue weighted by atomic mass is 10.2. The molecule has 138 valence electrons. The molecular weight excluding hydrogens is 338 g/mol. The van der Waals surface area contributed by atoms with Gasteiger partial charge in [-0.3, -0.25) is 9.78 Å². The van der Waals surface area contributed by atoms with Gasteiger partial charge in [0, 0.05) is 18.4 Å². The number of hydrogen-bond acceptors (Lipinski definition) is 4. The molecule has 2 aromatic carbocycles. The molecule has 3 aromatic rings. The number of nitrogens with zero attached hydrogens (tertiary/aromatic N) is 1. The quantitative estimate of drug-likeness (QED) is 0.618. The summed E-state index contributed by atoms with van der Waals surface area (Å²) in [6.07, 6.45) is 4.16. The smallest absolute Gasteiger partial charge is 0.252 e. The molecule has 0 saturated heterocycles. The number of pyridine rings is 1. The first-order chi connectivity index (χ1) is 13.2. The zero-order chi connectivity index (χ0) is 18.9. The number of ether oxygens (including phenoxy) is 1. The molecule has 1 aromatic heterocycles. The van der Waals surface area contributed by atoms with Crippen LogP contribution in [-0.4, -0.2) is 17.4 Å². The number of hydrogen-bond donors (Lipinski definition) is 2. The zero-order valence-electron chi connectivity index (χ0n) is 15.3. The molecule has 0 aliphatic heterocycles. The first-order valence-electron chi connectivity index (χ1n) is 9.01. The lowest BCUT2D eigenvalue weighted by molar-refractivity contribution is 0.0953. The number of anilines is 2. The molecular formula is C22H23N3O2. The largest absolute Gasteiger partial charge is 0.489 e. The molecule has 0 bridgehead atoms. The monoisotopic (exact) mass is 361 g/mol. The van der Waals surface area contributed by atoms with Gasteiger partial charge >= 0.3 is 0 Å². The van der Waals surface area contributed by atoms with E-state index in [9.17, 15) is 4.79 Å². The van der Waals surface area contributed by atoms with Gasteiger partial charge in [0.25, 0.3) is 5.91 Å². The van der Waals surface area contributed by atoms with Gasteiger partial charge in [0.2, 0.25) is 0 Å². The molecule has 27 heavy (non-hydrogen) atoms. The van der Waals surface area contributed by atoms with Gasteiger partial charge in [-0.15, -0.1) is 0 Å². The Morgan fingerprint density at radius 2 is 1.78 bits per heavy atom. The number of amides is 1. The Bertz CT molecular complexity index is 864. The Hall–Kier alpha value is -3.34. The third-order valence-electron chi connectivity index (χ3n) is 3.93. The molecule has 5 heteroatoms. The summed E-state index contributed by atoms with van der Waals surface area (Å²) in [6.45, 7) is 3.21. The zero-order valence-corrected chi connectivity index (χ0v) is 15.3. The average molecular weight is 361 g/mol. The fraction of sp³-hybridized carbons (Fsp3) is 0.182. The van der Waals surface area contributed by atoms with Crippen LogP contribution >= 0.6 is 0 Å². The van der Waals surface area contributed by atoms with Gasteiger partial charge in [-0.25, -0.2) is 0 Å². The predicted octanol–water partition coefficient (Wildman–Crippen LogP) is 4.54. The normalized spacial score (nSPS) is 10.3. The summed E-state index contributed by atoms with van der Waals surface area (Å²) in [5.41, 5.74) is 3.33. The van der Waals surface area contributed by atoms with Crippen molar-refractivity contribution in [2.45, 2.75) is 20.0 Å². The number of carbonyl (C=O) groups is 1. The van der Waals surface area contributed by atoms with Crippen LogP contribution in [0.4, 0.5) is 11.4 Å². The molecule has 1 amide bonds. The number of nitrogens with one attached hydrogen (secondary N) is 2. The third kappa shape index (κ3) is 5.57. The number of carbonyl (C=O) groups excluding carboxylic acids is 1. The first-order valence-corrected chi connectivity index (χ1v) is 9.01. The van der Waals surface area contributed by atoms with Crippen molar-refractivity contribution in [1.29, 1.82) is 0 Å². The van der Waals surface area contributed by atoms with E-state index in [0.717, 1.165) is 29.1 Å². The summed E-state index contributed by atoms with van der Waals surface area (Å²) < 4.78 is 5.79. The van der Waals surface area contributed by atoms with E-state index in [0.29, 0.717) is 18.7 Å². The van der Waals surface area contributed by atoms with E-state index in [1.54, 1.807) is 18.5 Å². The third-order valence-corrected chi connectivity index (χ3v) is 3.93. The van der Waals surface area contributed by atoms with Gasteiger partial charge in [-0.05, 0) is 42.3 Å². The van der Waals surface area contributed by atoms with Gasteiger partial charge in [-0.2, -0.15) is 0 Å². The maximum atomic E-state index is 12.0. The fourth-order valence-electron chi connectivity index (χ4n) is 2.52. The topological polar surface area (TPSA) is 63.2 Å². The van der Waals surface area contributed by atoms with Crippen LogP contribution in [0.1, 0.15) is 29.3 Å². The van der Waals surface area contributed by atoms with Crippen LogP contribution in [0.5, 0.6) is 5.75 Å². The highest BCUT2D eigenvalue weighted by Gasteiger charge is 2.06. The summed E-state index contributed by atoms with van der Waals surface area (Å²) in [6, 6.07) is 19.5. The van der Waals surface area contributed by atoms with Crippen LogP contribution in [0.15, 0.2) is 73.1 Å². The summed E-state index contributed by atoms with van der Waals surface area (Å²) in [7, 11) is 0. The molecule has 0 fully saturated rings. The molecule has 0 atom stereocenters. The standard InChI is InChI=1S/C22H23N3O2/c1-2-12-24-22(26)18-13-20(15-23-14-18)25-19-8-10-21(11-9-19)27-16-17-6-4-3-5-7-17/h3-11,13-15,25H,2,12,16H2,1H3,(H,24,26). The van der Waals surface area contributed by atoms with Crippen molar-refractivity contribution in [2.75, 3.05) is 11.9 Å². The maximum Gasteiger partial charge on any atom is 0.252 e. The van der Waals surface area contributed by atoms with Gasteiger partial charge in [0.15, 0.2) is 0 Å². The van der Waals surface area contributed by atoms with E-state index < -0.39 is 0 Å². The van der Waals surface area contributed by atoms with Crippen molar-refractivity contribution in [2.24, 2.45) is 0 Å². The molecule has 0 saturated carbocycles. The second kappa shape index (κ2) is 9.38. The highest BCUT2D eigenvalue weighted by atomic mass is 16.5. The Morgan fingerprint density at radius 3 is 2.52 bits per heavy atom. The van der Waals surface area contributed by atoms with E-state index >= 15 is 0 Å². The second-order valence-electron chi connectivity index (χ2n) is 6.14. The van der Waals surface area contributed by atoms with Crippen LogP contribution in [0, 0.1) is 0 Å². The van der Waals surface area contributed by atoms with Gasteiger partial charge in [-0.1, -0.05) is 37.3 Å². The van der Waals surface area contributed by atoms with Crippen LogP contribution in [0.3, 0.4) is 0 Å². The van der Waals surface area contributed by atoms with Crippen LogP contribution in [-0.2, 0) is 6.61 Å². The van der Waals surface area contributed by atoms with E-state index in [2.05, 4.69) is 15.6 Å². The molecule has 1 heterocycles. The highest BCUT2D eigenvalue weighted by molar-refractivity contribution is 5.94. The molecule has 2 N–H and O–H groups in total. The SMILES string of the molecule is CCCNC(=O)c1cncc(Nc2ccc(OCc3ccccc3)cc2)c1. The molecule has 5 nitrogen and oxygen atoms in total. The Kier molecular flexibility index (Phi) is 6.41. The Balaban J connectivity index is 1.58. The summed E-state index contributed by atoms with van der Waals surface area (Å²) in [4.78, 5) is 16.2. The maximum absolute atomic E-state index is 12.0. The molecule has 3 rings (SSSR count). The van der Waals surface area contributed by atoms with E-state index in [1.807, 2.05) is 61.5 Å². The van der Waals surface area contributed by atoms with Crippen molar-refractivity contribution in [3.8, 4) is 5.75 Å². The molecule has 0 radical (unpaired) electrons. The van der Waals surface area contributed by atoms with E-state index in [-0.39, 0.29) is 5.91 Å². The van der Waals surface area contributed by atoms with E-state index in [1.165, 1.54) is 0 Å². The van der Waals surface area contributed by atoms with Crippen LogP contribution in [0.25, 0.3) is 0 Å². The van der Waals surface area contributed by atoms with Crippen molar-refractivity contribution in [3.05, 3.63) is 84.2 Å². The van der Waals surface area contributed by atoms with Crippen molar-refractivity contribution < 1.29 is 9.53 Å². The predicted molar refractivity (Wildman–Crippen MR) is 107 cm³/mol. The average Bonchev–Trinajstić information content (AvgIpc) is 2.72. The summed E-state index contributed by atoms with van der Waals surface area (Å²) in [5, 5.41) is 6.11. The van der Waals surface area contributed by atoms with Crippen LogP contribution in [0.2, 0.25) is 0 Å². The summed E-state index contributed by atoms with van der Waals surface area (Å²) >= 11 is 0. The molecule has 0 aliphatic rings. The number of benzene rings is 2. The fourth-order valence-corrected chi connectivity index (χ4v) is 2.52. The van der Waals surface area contributed by atoms with Gasteiger partial charge < -0.3 is 15.4 Å². The van der Waals surface area contributed by atoms with Gasteiger partial charge in [0.05, 0.1) is 17.4 Å². The number of aromatic nitrogens is 1. The number of rotatable bonds is 8. The minimum atomic E-state index is -0.113. The van der Waals surface area contributed by atoms with Crippen molar-refractivity contribution in [1.82, 2.24) is 10.3 Å². The highest BCUT2D eigenvalue weighted by Crippen LogP contribution is 2.21. The van der Waals surface area contributed by atoms with Gasteiger partial charge in [0.1, 0.15) is 12.4 Å². The summed E-state index contributed by atoms with van der Waals surface area (Å²) in [5.74, 6) is 0.688. The Labute approximate surface area is 159 Å². The van der Waals surface area contributed by atoms with Crippen molar-refractivity contribution in [3.63, 3.8) is 0 Å². The second-order valence-corrected chi connectivity index (χ2v) is 6.14. The Morgan fingerprint density at radius 1 is 1.00 bits per heavy atom. The molecule has 0 unspecified atom stereocenters. The minimum Gasteiger partial charge on any atom is -0.489 e. The lowest BCUT2D eigenvalue weighted by Gasteiger charge is -2.10. The lowest BCUT2D eigenvalue weighted by Crippen LogP contribution is -2.24. The molecule has 0 aliphatic carbocycles. The van der Waals surface area contributed by atoms with E-state index in [4.69, 9.17) is 4.74 Å². The first kappa shape index (κ1) is 18.5. The van der Waals surface area contributed by atoms with Crippen LogP contribution < -0.4 is 15.4 Å². The van der Waals surface area contributed by atoms with Crippen molar-refractivity contribution >= 4 is 17.3 Å². The molecule has 0 spiro atoms.